The SMILES string of the molecule is CC=C=CNCc1cc2cc(O)ccc2n1C. The quantitative estimate of drug-likeness (QED) is 0.792. The van der Waals surface area contributed by atoms with Gasteiger partial charge in [0.25, 0.3) is 0 Å². The fraction of sp³-hybridized carbons (Fsp3) is 0.214. The summed E-state index contributed by atoms with van der Waals surface area (Å²) in [6.07, 6.45) is 3.65. The van der Waals surface area contributed by atoms with Crippen molar-refractivity contribution in [2.45, 2.75) is 13.5 Å². The minimum atomic E-state index is 0.302. The molecule has 0 spiro atoms. The topological polar surface area (TPSA) is 37.2 Å². The van der Waals surface area contributed by atoms with Crippen molar-refractivity contribution in [3.05, 3.63) is 48.0 Å². The van der Waals surface area contributed by atoms with Gasteiger partial charge in [-0.3, -0.25) is 0 Å². The van der Waals surface area contributed by atoms with Crippen LogP contribution in [0.4, 0.5) is 0 Å². The minimum Gasteiger partial charge on any atom is -0.508 e. The number of allylic oxidation sites excluding steroid dienone is 1. The lowest BCUT2D eigenvalue weighted by molar-refractivity contribution is 0.476. The summed E-state index contributed by atoms with van der Waals surface area (Å²) < 4.78 is 2.12. The first kappa shape index (κ1) is 11.4. The molecule has 0 aliphatic carbocycles. The molecule has 1 aromatic carbocycles. The van der Waals surface area contributed by atoms with Gasteiger partial charge >= 0.3 is 0 Å². The Bertz CT molecular complexity index is 590. The molecule has 2 N–H and O–H groups in total. The smallest absolute Gasteiger partial charge is 0.116 e. The van der Waals surface area contributed by atoms with Crippen LogP contribution < -0.4 is 5.32 Å². The van der Waals surface area contributed by atoms with Gasteiger partial charge in [-0.2, -0.15) is 0 Å². The zero-order chi connectivity index (χ0) is 12.3. The zero-order valence-corrected chi connectivity index (χ0v) is 10.1. The summed E-state index contributed by atoms with van der Waals surface area (Å²) in [5.74, 6) is 0.302. The molecule has 1 heterocycles. The molecular weight excluding hydrogens is 212 g/mol. The number of fused-ring (bicyclic) bond motifs is 1. The first-order valence-corrected chi connectivity index (χ1v) is 5.58. The number of rotatable bonds is 3. The number of hydrogen-bond acceptors (Lipinski definition) is 2. The molecule has 0 radical (unpaired) electrons. The second-order valence-electron chi connectivity index (χ2n) is 3.92. The van der Waals surface area contributed by atoms with Crippen LogP contribution in [0.25, 0.3) is 10.9 Å². The highest BCUT2D eigenvalue weighted by atomic mass is 16.3. The number of hydrogen-bond donors (Lipinski definition) is 2. The molecule has 0 aliphatic heterocycles. The first-order valence-electron chi connectivity index (χ1n) is 5.58. The molecule has 0 amide bonds. The van der Waals surface area contributed by atoms with Crippen LogP contribution in [0.15, 0.2) is 42.3 Å². The number of aryl methyl sites for hydroxylation is 1. The highest BCUT2D eigenvalue weighted by Crippen LogP contribution is 2.22. The van der Waals surface area contributed by atoms with Crippen molar-refractivity contribution < 1.29 is 5.11 Å². The van der Waals surface area contributed by atoms with Crippen LogP contribution in [0.2, 0.25) is 0 Å². The van der Waals surface area contributed by atoms with E-state index in [0.29, 0.717) is 5.75 Å². The summed E-state index contributed by atoms with van der Waals surface area (Å²) >= 11 is 0. The molecule has 0 aliphatic rings. The van der Waals surface area contributed by atoms with E-state index in [-0.39, 0.29) is 0 Å². The summed E-state index contributed by atoms with van der Waals surface area (Å²) in [7, 11) is 2.02. The molecule has 3 nitrogen and oxygen atoms in total. The van der Waals surface area contributed by atoms with E-state index in [4.69, 9.17) is 0 Å². The van der Waals surface area contributed by atoms with E-state index in [1.807, 2.05) is 26.1 Å². The number of nitrogens with zero attached hydrogens (tertiary/aromatic N) is 1. The Labute approximate surface area is 101 Å². The highest BCUT2D eigenvalue weighted by molar-refractivity contribution is 5.82. The van der Waals surface area contributed by atoms with Crippen LogP contribution in [-0.2, 0) is 13.6 Å². The molecule has 2 rings (SSSR count). The Kier molecular flexibility index (Phi) is 3.22. The van der Waals surface area contributed by atoms with Crippen molar-refractivity contribution >= 4 is 10.9 Å². The Morgan fingerprint density at radius 2 is 2.24 bits per heavy atom. The third kappa shape index (κ3) is 2.35. The van der Waals surface area contributed by atoms with Crippen molar-refractivity contribution in [2.24, 2.45) is 7.05 Å². The van der Waals surface area contributed by atoms with Crippen LogP contribution in [0.1, 0.15) is 12.6 Å². The van der Waals surface area contributed by atoms with Crippen LogP contribution >= 0.6 is 0 Å². The van der Waals surface area contributed by atoms with Crippen LogP contribution in [0, 0.1) is 0 Å². The van der Waals surface area contributed by atoms with E-state index in [2.05, 4.69) is 21.7 Å². The lowest BCUT2D eigenvalue weighted by atomic mass is 10.2. The molecule has 1 aromatic heterocycles. The molecule has 0 saturated carbocycles. The lowest BCUT2D eigenvalue weighted by Gasteiger charge is -2.03. The normalized spacial score (nSPS) is 10.0. The highest BCUT2D eigenvalue weighted by Gasteiger charge is 2.05. The first-order chi connectivity index (χ1) is 8.22. The molecule has 0 atom stereocenters. The standard InChI is InChI=1S/C14H16N2O/c1-3-4-7-15-10-12-8-11-9-13(17)5-6-14(11)16(12)2/h3,5-9,15,17H,10H2,1-2H3. The van der Waals surface area contributed by atoms with Crippen molar-refractivity contribution in [1.29, 1.82) is 0 Å². The van der Waals surface area contributed by atoms with Crippen LogP contribution in [0.5, 0.6) is 5.75 Å². The predicted octanol–water partition coefficient (Wildman–Crippen LogP) is 2.66. The van der Waals surface area contributed by atoms with Gasteiger partial charge in [0.05, 0.1) is 6.54 Å². The summed E-state index contributed by atoms with van der Waals surface area (Å²) in [6, 6.07) is 7.49. The van der Waals surface area contributed by atoms with Crippen molar-refractivity contribution in [2.75, 3.05) is 0 Å². The molecule has 0 saturated heterocycles. The van der Waals surface area contributed by atoms with Gasteiger partial charge in [0.15, 0.2) is 0 Å². The van der Waals surface area contributed by atoms with E-state index in [1.54, 1.807) is 18.3 Å². The van der Waals surface area contributed by atoms with Gasteiger partial charge in [0, 0.05) is 29.8 Å². The maximum absolute atomic E-state index is 9.43. The molecule has 0 fully saturated rings. The van der Waals surface area contributed by atoms with Gasteiger partial charge in [-0.15, -0.1) is 5.73 Å². The van der Waals surface area contributed by atoms with Crippen molar-refractivity contribution in [1.82, 2.24) is 9.88 Å². The fourth-order valence-corrected chi connectivity index (χ4v) is 1.86. The zero-order valence-electron chi connectivity index (χ0n) is 10.1. The molecular formula is C14H16N2O. The summed E-state index contributed by atoms with van der Waals surface area (Å²) in [5, 5.41) is 13.7. The maximum Gasteiger partial charge on any atom is 0.116 e. The lowest BCUT2D eigenvalue weighted by Crippen LogP contribution is -2.07. The minimum absolute atomic E-state index is 0.302. The third-order valence-electron chi connectivity index (χ3n) is 2.76. The van der Waals surface area contributed by atoms with Gasteiger partial charge in [0.1, 0.15) is 5.75 Å². The number of aromatic nitrogens is 1. The van der Waals surface area contributed by atoms with Gasteiger partial charge in [-0.05, 0) is 37.3 Å². The number of benzene rings is 1. The largest absolute Gasteiger partial charge is 0.508 e. The van der Waals surface area contributed by atoms with E-state index in [0.717, 1.165) is 17.4 Å². The molecule has 3 heteroatoms. The third-order valence-corrected chi connectivity index (χ3v) is 2.76. The second kappa shape index (κ2) is 4.81. The fourth-order valence-electron chi connectivity index (χ4n) is 1.86. The Balaban J connectivity index is 2.29. The monoisotopic (exact) mass is 228 g/mol. The molecule has 0 unspecified atom stereocenters. The van der Waals surface area contributed by atoms with E-state index in [9.17, 15) is 5.11 Å². The number of phenolic OH excluding ortho intramolecular Hbond substituents is 1. The van der Waals surface area contributed by atoms with Crippen LogP contribution in [0.3, 0.4) is 0 Å². The second-order valence-corrected chi connectivity index (χ2v) is 3.92. The Morgan fingerprint density at radius 1 is 1.41 bits per heavy atom. The summed E-state index contributed by atoms with van der Waals surface area (Å²) in [5.41, 5.74) is 5.26. The van der Waals surface area contributed by atoms with E-state index < -0.39 is 0 Å². The average Bonchev–Trinajstić information content (AvgIpc) is 2.61. The average molecular weight is 228 g/mol. The van der Waals surface area contributed by atoms with Crippen LogP contribution in [-0.4, -0.2) is 9.67 Å². The van der Waals surface area contributed by atoms with Crippen molar-refractivity contribution in [3.63, 3.8) is 0 Å². The molecule has 17 heavy (non-hydrogen) atoms. The van der Waals surface area contributed by atoms with Gasteiger partial charge in [0.2, 0.25) is 0 Å². The molecule has 0 bridgehead atoms. The molecule has 2 aromatic rings. The van der Waals surface area contributed by atoms with Gasteiger partial charge < -0.3 is 15.0 Å². The number of aromatic hydroxyl groups is 1. The van der Waals surface area contributed by atoms with Gasteiger partial charge in [-0.25, -0.2) is 0 Å². The maximum atomic E-state index is 9.43. The Morgan fingerprint density at radius 3 is 3.00 bits per heavy atom. The number of nitrogens with one attached hydrogen (secondary N) is 1. The number of phenols is 1. The Hall–Kier alpha value is -2.12. The predicted molar refractivity (Wildman–Crippen MR) is 69.8 cm³/mol. The summed E-state index contributed by atoms with van der Waals surface area (Å²) in [6.45, 7) is 2.67. The van der Waals surface area contributed by atoms with Crippen molar-refractivity contribution in [3.8, 4) is 5.75 Å². The van der Waals surface area contributed by atoms with Gasteiger partial charge in [-0.1, -0.05) is 0 Å². The summed E-state index contributed by atoms with van der Waals surface area (Å²) in [4.78, 5) is 0. The molecule has 88 valence electrons. The van der Waals surface area contributed by atoms with E-state index >= 15 is 0 Å². The van der Waals surface area contributed by atoms with E-state index in [1.165, 1.54) is 5.69 Å².